The molecule has 1 aliphatic heterocycles. The Hall–Kier alpha value is -3.48. The predicted octanol–water partition coefficient (Wildman–Crippen LogP) is 5.59. The third-order valence-electron chi connectivity index (χ3n) is 10.5. The molecule has 1 saturated heterocycles. The highest BCUT2D eigenvalue weighted by molar-refractivity contribution is 8.13. The van der Waals surface area contributed by atoms with Gasteiger partial charge in [0.1, 0.15) is 36.3 Å². The van der Waals surface area contributed by atoms with E-state index in [1.165, 1.54) is 33.1 Å². The van der Waals surface area contributed by atoms with Gasteiger partial charge >= 0.3 is 23.5 Å². The van der Waals surface area contributed by atoms with Crippen molar-refractivity contribution in [1.29, 1.82) is 0 Å². The number of unbranched alkanes of at least 4 members (excludes halogenated alkanes) is 6. The number of aliphatic hydroxyl groups excluding tert-OH is 2. The van der Waals surface area contributed by atoms with Crippen molar-refractivity contribution < 1.29 is 80.5 Å². The van der Waals surface area contributed by atoms with E-state index in [4.69, 9.17) is 19.5 Å². The summed E-state index contributed by atoms with van der Waals surface area (Å²) in [4.78, 5) is 88.4. The molecule has 1 fully saturated rings. The summed E-state index contributed by atoms with van der Waals surface area (Å²) < 4.78 is 62.5. The number of carbonyl (C=O) groups excluding carboxylic acids is 3. The van der Waals surface area contributed by atoms with Crippen LogP contribution in [-0.2, 0) is 50.7 Å². The number of hydrogen-bond acceptors (Lipinski definition) is 18. The van der Waals surface area contributed by atoms with E-state index in [0.717, 1.165) is 80.4 Å². The maximum absolute atomic E-state index is 12.8. The van der Waals surface area contributed by atoms with Gasteiger partial charge in [-0.25, -0.2) is 28.6 Å². The summed E-state index contributed by atoms with van der Waals surface area (Å²) in [6, 6.07) is 0. The van der Waals surface area contributed by atoms with Crippen LogP contribution in [0.15, 0.2) is 61.3 Å². The molecule has 1 aliphatic rings. The number of nitrogens with zero attached hydrogens (tertiary/aromatic N) is 4. The lowest BCUT2D eigenvalue weighted by Crippen LogP contribution is -2.46. The monoisotopic (exact) mass is 1080 g/mol. The zero-order chi connectivity index (χ0) is 52.5. The minimum Gasteiger partial charge on any atom is -0.386 e. The molecule has 10 N–H and O–H groups in total. The molecule has 71 heavy (non-hydrogen) atoms. The Morgan fingerprint density at radius 2 is 1.48 bits per heavy atom. The maximum Gasteiger partial charge on any atom is 0.481 e. The Morgan fingerprint density at radius 3 is 2.11 bits per heavy atom. The van der Waals surface area contributed by atoms with Crippen molar-refractivity contribution in [3.05, 3.63) is 61.3 Å². The van der Waals surface area contributed by atoms with Gasteiger partial charge in [-0.2, -0.15) is 4.31 Å². The summed E-state index contributed by atoms with van der Waals surface area (Å²) in [6.45, 7) is 2.74. The largest absolute Gasteiger partial charge is 0.481 e. The topological polar surface area (TPSA) is 364 Å². The van der Waals surface area contributed by atoms with Crippen LogP contribution >= 0.6 is 35.2 Å². The van der Waals surface area contributed by atoms with E-state index in [-0.39, 0.29) is 41.6 Å². The lowest BCUT2D eigenvalue weighted by molar-refractivity contribution is -0.137. The third-order valence-corrected chi connectivity index (χ3v) is 14.5. The number of aromatic nitrogens is 4. The fourth-order valence-corrected chi connectivity index (χ4v) is 10.2. The molecule has 0 bridgehead atoms. The highest BCUT2D eigenvalue weighted by Crippen LogP contribution is 2.61. The fourth-order valence-electron chi connectivity index (χ4n) is 6.64. The van der Waals surface area contributed by atoms with Crippen molar-refractivity contribution >= 4 is 69.1 Å². The summed E-state index contributed by atoms with van der Waals surface area (Å²) in [5, 5.41) is 26.6. The number of phosphoric acid groups is 3. The zero-order valence-electron chi connectivity index (χ0n) is 40.2. The Labute approximate surface area is 417 Å². The van der Waals surface area contributed by atoms with Crippen molar-refractivity contribution in [1.82, 2.24) is 30.2 Å². The van der Waals surface area contributed by atoms with E-state index in [9.17, 15) is 57.9 Å². The minimum atomic E-state index is -5.58. The van der Waals surface area contributed by atoms with Crippen LogP contribution in [0.2, 0.25) is 0 Å². The summed E-state index contributed by atoms with van der Waals surface area (Å²) in [7, 11) is -16.4. The van der Waals surface area contributed by atoms with E-state index in [0.29, 0.717) is 12.2 Å². The standard InChI is InChI=1S/C43H70N7O17P3S/c1-4-5-6-7-8-9-10-11-12-13-14-15-16-17-18-19-20-21-22-23-34(52)71-27-26-45-33(51)24-25-46-41(55)38(54)43(2,3)29-64-70(61,62)67-69(59,60)63-28-32-37(66-68(56,57)58)36(53)42(65-32)50-31-49-35-39(44)47-30-48-40(35)50/h8-9,11-12,14-15,17-18,30-32,36-38,42,53-54H,4-7,10,13,16,19-29H2,1-3H3,(H,45,51)(H,46,55)(H,59,60)(H,61,62)(H2,44,47,48)(H2,56,57,58). The molecular weight excluding hydrogens is 1010 g/mol. The molecule has 2 aromatic heterocycles. The highest BCUT2D eigenvalue weighted by atomic mass is 32.2. The van der Waals surface area contributed by atoms with E-state index in [2.05, 4.69) is 90.0 Å². The van der Waals surface area contributed by atoms with Gasteiger partial charge in [-0.1, -0.05) is 100 Å². The highest BCUT2D eigenvalue weighted by Gasteiger charge is 2.50. The lowest BCUT2D eigenvalue weighted by atomic mass is 9.87. The van der Waals surface area contributed by atoms with Crippen LogP contribution < -0.4 is 16.4 Å². The van der Waals surface area contributed by atoms with Crippen molar-refractivity contribution in [2.45, 2.75) is 135 Å². The number of thioether (sulfide) groups is 1. The Kier molecular flexibility index (Phi) is 27.3. The second-order valence-electron chi connectivity index (χ2n) is 17.0. The van der Waals surface area contributed by atoms with Crippen LogP contribution in [0, 0.1) is 5.41 Å². The van der Waals surface area contributed by atoms with Gasteiger partial charge in [0.25, 0.3) is 0 Å². The minimum absolute atomic E-state index is 0.0310. The zero-order valence-corrected chi connectivity index (χ0v) is 43.7. The van der Waals surface area contributed by atoms with Gasteiger partial charge in [0.15, 0.2) is 22.8 Å². The number of fused-ring (bicyclic) bond motifs is 1. The molecule has 28 heteroatoms. The van der Waals surface area contributed by atoms with E-state index in [1.54, 1.807) is 0 Å². The number of imidazole rings is 1. The Bertz CT molecular complexity index is 2260. The van der Waals surface area contributed by atoms with E-state index in [1.807, 2.05) is 0 Å². The average Bonchev–Trinajstić information content (AvgIpc) is 3.86. The van der Waals surface area contributed by atoms with Crippen LogP contribution in [0.1, 0.15) is 110 Å². The first kappa shape index (κ1) is 61.8. The number of nitrogen functional groups attached to an aromatic ring is 1. The van der Waals surface area contributed by atoms with Gasteiger partial charge in [0.2, 0.25) is 11.8 Å². The Balaban J connectivity index is 1.28. The molecule has 0 aromatic carbocycles. The molecule has 0 spiro atoms. The van der Waals surface area contributed by atoms with Crippen molar-refractivity contribution in [3.8, 4) is 0 Å². The van der Waals surface area contributed by atoms with Gasteiger partial charge in [0.05, 0.1) is 19.5 Å². The van der Waals surface area contributed by atoms with E-state index >= 15 is 0 Å². The molecule has 7 unspecified atom stereocenters. The third kappa shape index (κ3) is 24.0. The number of amides is 2. The number of aliphatic hydroxyl groups is 2. The number of nitrogens with one attached hydrogen (secondary N) is 2. The number of nitrogens with two attached hydrogens (primary N) is 1. The number of anilines is 1. The van der Waals surface area contributed by atoms with Gasteiger partial charge < -0.3 is 50.9 Å². The first-order valence-corrected chi connectivity index (χ1v) is 28.7. The molecule has 7 atom stereocenters. The maximum atomic E-state index is 12.8. The molecule has 0 aliphatic carbocycles. The number of hydrogen-bond donors (Lipinski definition) is 9. The van der Waals surface area contributed by atoms with Crippen LogP contribution in [0.3, 0.4) is 0 Å². The number of ether oxygens (including phenoxy) is 1. The number of carbonyl (C=O) groups is 3. The van der Waals surface area contributed by atoms with Crippen LogP contribution in [-0.4, -0.2) is 123 Å². The SMILES string of the molecule is CCCCCC=CCC=CCC=CCC=CCCCCCC(=O)SCCNC(=O)CCNC(=O)C(O)C(C)(C)COP(=O)(O)OP(=O)(O)OCC1OC(n2cnc3c(N)ncnc32)C(O)C1OP(=O)(O)O. The van der Waals surface area contributed by atoms with Crippen LogP contribution in [0.4, 0.5) is 5.82 Å². The summed E-state index contributed by atoms with van der Waals surface area (Å²) >= 11 is 1.13. The van der Waals surface area contributed by atoms with E-state index < -0.39 is 84.6 Å². The molecule has 0 saturated carbocycles. The normalized spacial score (nSPS) is 20.1. The average molecular weight is 1080 g/mol. The second-order valence-corrected chi connectivity index (χ2v) is 22.4. The van der Waals surface area contributed by atoms with Crippen molar-refractivity contribution in [3.63, 3.8) is 0 Å². The molecule has 400 valence electrons. The number of phosphoric ester groups is 3. The molecular formula is C43H70N7O17P3S. The quantitative estimate of drug-likeness (QED) is 0.0231. The molecule has 2 aromatic rings. The van der Waals surface area contributed by atoms with Crippen molar-refractivity contribution in [2.24, 2.45) is 5.41 Å². The smallest absolute Gasteiger partial charge is 0.386 e. The second kappa shape index (κ2) is 31.3. The van der Waals surface area contributed by atoms with Crippen molar-refractivity contribution in [2.75, 3.05) is 37.8 Å². The first-order chi connectivity index (χ1) is 33.6. The molecule has 3 rings (SSSR count). The predicted molar refractivity (Wildman–Crippen MR) is 265 cm³/mol. The molecule has 3 heterocycles. The van der Waals surface area contributed by atoms with Gasteiger partial charge in [-0.15, -0.1) is 0 Å². The number of allylic oxidation sites excluding steroid dienone is 8. The number of rotatable bonds is 35. The Morgan fingerprint density at radius 1 is 0.859 bits per heavy atom. The fraction of sp³-hybridized carbons (Fsp3) is 0.628. The molecule has 2 amide bonds. The first-order valence-electron chi connectivity index (χ1n) is 23.2. The van der Waals surface area contributed by atoms with Crippen LogP contribution in [0.25, 0.3) is 11.2 Å². The van der Waals surface area contributed by atoms with Crippen LogP contribution in [0.5, 0.6) is 0 Å². The van der Waals surface area contributed by atoms with Gasteiger partial charge in [-0.05, 0) is 51.4 Å². The van der Waals surface area contributed by atoms with Gasteiger partial charge in [-0.3, -0.25) is 32.5 Å². The van der Waals surface area contributed by atoms with Gasteiger partial charge in [0, 0.05) is 37.1 Å². The molecule has 24 nitrogen and oxygen atoms in total. The summed E-state index contributed by atoms with van der Waals surface area (Å²) in [6.07, 6.45) is 22.5. The molecule has 0 radical (unpaired) electrons. The lowest BCUT2D eigenvalue weighted by Gasteiger charge is -2.30. The summed E-state index contributed by atoms with van der Waals surface area (Å²) in [5.74, 6) is -1.07. The summed E-state index contributed by atoms with van der Waals surface area (Å²) in [5.41, 5.74) is 4.28.